The van der Waals surface area contributed by atoms with Crippen LogP contribution in [0.3, 0.4) is 0 Å². The van der Waals surface area contributed by atoms with Crippen LogP contribution in [0.4, 0.5) is 0 Å². The van der Waals surface area contributed by atoms with Crippen LogP contribution in [-0.4, -0.2) is 29.7 Å². The van der Waals surface area contributed by atoms with Crippen molar-refractivity contribution in [2.75, 3.05) is 20.2 Å². The van der Waals surface area contributed by atoms with Crippen molar-refractivity contribution in [3.05, 3.63) is 53.9 Å². The van der Waals surface area contributed by atoms with Crippen LogP contribution in [0.2, 0.25) is 0 Å². The zero-order valence-electron chi connectivity index (χ0n) is 12.2. The third kappa shape index (κ3) is 2.59. The summed E-state index contributed by atoms with van der Waals surface area (Å²) in [5, 5.41) is 0. The van der Waals surface area contributed by atoms with Gasteiger partial charge in [0, 0.05) is 37.9 Å². The lowest BCUT2D eigenvalue weighted by molar-refractivity contribution is 0.318. The molecule has 3 nitrogen and oxygen atoms in total. The average molecular weight is 270 g/mol. The molecule has 1 aromatic carbocycles. The molecular weight excluding hydrogens is 248 g/mol. The van der Waals surface area contributed by atoms with Crippen LogP contribution >= 0.6 is 0 Å². The minimum Gasteiger partial charge on any atom is -0.496 e. The van der Waals surface area contributed by atoms with E-state index in [0.29, 0.717) is 5.92 Å². The number of hydrogen-bond donors (Lipinski definition) is 0. The molecule has 1 aliphatic heterocycles. The molecule has 20 heavy (non-hydrogen) atoms. The molecule has 0 spiro atoms. The van der Waals surface area contributed by atoms with Crippen molar-refractivity contribution in [1.29, 1.82) is 0 Å². The summed E-state index contributed by atoms with van der Waals surface area (Å²) in [6.45, 7) is 3.31. The zero-order valence-corrected chi connectivity index (χ0v) is 12.2. The number of nitrogens with zero attached hydrogens (tertiary/aromatic N) is 2. The molecule has 1 aliphatic rings. The molecule has 0 radical (unpaired) electrons. The summed E-state index contributed by atoms with van der Waals surface area (Å²) in [5.74, 6) is 1.62. The fourth-order valence-corrected chi connectivity index (χ4v) is 3.12. The number of aryl methyl sites for hydroxylation is 1. The summed E-state index contributed by atoms with van der Waals surface area (Å²) < 4.78 is 7.70. The van der Waals surface area contributed by atoms with E-state index in [1.165, 1.54) is 17.7 Å². The molecule has 0 aliphatic carbocycles. The van der Waals surface area contributed by atoms with E-state index in [1.54, 1.807) is 7.11 Å². The lowest BCUT2D eigenvalue weighted by Gasteiger charge is -2.18. The molecule has 0 amide bonds. The molecule has 0 bridgehead atoms. The second kappa shape index (κ2) is 5.71. The summed E-state index contributed by atoms with van der Waals surface area (Å²) in [6.07, 6.45) is 3.33. The van der Waals surface area contributed by atoms with Gasteiger partial charge in [-0.1, -0.05) is 18.2 Å². The molecule has 0 N–H and O–H groups in total. The van der Waals surface area contributed by atoms with Gasteiger partial charge in [-0.25, -0.2) is 0 Å². The van der Waals surface area contributed by atoms with E-state index in [4.69, 9.17) is 4.74 Å². The topological polar surface area (TPSA) is 17.4 Å². The zero-order chi connectivity index (χ0) is 13.9. The standard InChI is InChI=1S/C17H22N2O/c1-18-10-5-6-15(18)13-19-11-9-14(12-19)16-7-3-4-8-17(16)20-2/h3-8,10,14H,9,11-13H2,1-2H3. The lowest BCUT2D eigenvalue weighted by Crippen LogP contribution is -2.21. The predicted molar refractivity (Wildman–Crippen MR) is 81.0 cm³/mol. The number of aromatic nitrogens is 1. The normalized spacial score (nSPS) is 19.4. The summed E-state index contributed by atoms with van der Waals surface area (Å²) in [6, 6.07) is 12.7. The Bertz CT molecular complexity index is 576. The van der Waals surface area contributed by atoms with Gasteiger partial charge in [0.1, 0.15) is 5.75 Å². The Labute approximate surface area is 120 Å². The highest BCUT2D eigenvalue weighted by Gasteiger charge is 2.26. The van der Waals surface area contributed by atoms with E-state index >= 15 is 0 Å². The molecule has 1 saturated heterocycles. The van der Waals surface area contributed by atoms with Crippen molar-refractivity contribution in [3.63, 3.8) is 0 Å². The monoisotopic (exact) mass is 270 g/mol. The van der Waals surface area contributed by atoms with Gasteiger partial charge in [0.05, 0.1) is 7.11 Å². The van der Waals surface area contributed by atoms with Gasteiger partial charge in [-0.05, 0) is 36.7 Å². The van der Waals surface area contributed by atoms with E-state index in [2.05, 4.69) is 53.0 Å². The lowest BCUT2D eigenvalue weighted by atomic mass is 9.97. The van der Waals surface area contributed by atoms with Gasteiger partial charge in [0.25, 0.3) is 0 Å². The molecule has 1 atom stereocenters. The highest BCUT2D eigenvalue weighted by molar-refractivity contribution is 5.37. The van der Waals surface area contributed by atoms with E-state index in [1.807, 2.05) is 6.07 Å². The third-order valence-corrected chi connectivity index (χ3v) is 4.29. The van der Waals surface area contributed by atoms with Crippen LogP contribution in [0.1, 0.15) is 23.6 Å². The summed E-state index contributed by atoms with van der Waals surface area (Å²) in [5.41, 5.74) is 2.73. The third-order valence-electron chi connectivity index (χ3n) is 4.29. The molecule has 0 saturated carbocycles. The molecule has 3 heteroatoms. The van der Waals surface area contributed by atoms with Gasteiger partial charge in [-0.15, -0.1) is 0 Å². The van der Waals surface area contributed by atoms with Gasteiger partial charge < -0.3 is 9.30 Å². The average Bonchev–Trinajstić information content (AvgIpc) is 3.09. The maximum atomic E-state index is 5.50. The molecule has 1 fully saturated rings. The number of rotatable bonds is 4. The van der Waals surface area contributed by atoms with Gasteiger partial charge >= 0.3 is 0 Å². The first-order chi connectivity index (χ1) is 9.78. The van der Waals surface area contributed by atoms with Crippen molar-refractivity contribution in [2.45, 2.75) is 18.9 Å². The fraction of sp³-hybridized carbons (Fsp3) is 0.412. The summed E-state index contributed by atoms with van der Waals surface area (Å²) in [7, 11) is 3.87. The number of para-hydroxylation sites is 1. The highest BCUT2D eigenvalue weighted by atomic mass is 16.5. The van der Waals surface area contributed by atoms with E-state index in [9.17, 15) is 0 Å². The Kier molecular flexibility index (Phi) is 3.79. The maximum absolute atomic E-state index is 5.50. The van der Waals surface area contributed by atoms with E-state index < -0.39 is 0 Å². The number of likely N-dealkylation sites (tertiary alicyclic amines) is 1. The molecular formula is C17H22N2O. The van der Waals surface area contributed by atoms with Gasteiger partial charge in [-0.2, -0.15) is 0 Å². The van der Waals surface area contributed by atoms with Crippen LogP contribution in [0, 0.1) is 0 Å². The van der Waals surface area contributed by atoms with Gasteiger partial charge in [0.2, 0.25) is 0 Å². The second-order valence-corrected chi connectivity index (χ2v) is 5.57. The van der Waals surface area contributed by atoms with Crippen molar-refractivity contribution in [1.82, 2.24) is 9.47 Å². The number of benzene rings is 1. The quantitative estimate of drug-likeness (QED) is 0.849. The first-order valence-corrected chi connectivity index (χ1v) is 7.23. The first-order valence-electron chi connectivity index (χ1n) is 7.23. The second-order valence-electron chi connectivity index (χ2n) is 5.57. The smallest absolute Gasteiger partial charge is 0.122 e. The molecule has 2 aromatic rings. The van der Waals surface area contributed by atoms with E-state index in [-0.39, 0.29) is 0 Å². The van der Waals surface area contributed by atoms with Crippen molar-refractivity contribution < 1.29 is 4.74 Å². The van der Waals surface area contributed by atoms with Crippen molar-refractivity contribution in [2.24, 2.45) is 7.05 Å². The maximum Gasteiger partial charge on any atom is 0.122 e. The van der Waals surface area contributed by atoms with Gasteiger partial charge in [0.15, 0.2) is 0 Å². The first kappa shape index (κ1) is 13.3. The van der Waals surface area contributed by atoms with Gasteiger partial charge in [-0.3, -0.25) is 4.90 Å². The number of ether oxygens (including phenoxy) is 1. The van der Waals surface area contributed by atoms with Crippen molar-refractivity contribution >= 4 is 0 Å². The number of methoxy groups -OCH3 is 1. The predicted octanol–water partition coefficient (Wildman–Crippen LogP) is 3.02. The Balaban J connectivity index is 1.69. The van der Waals surface area contributed by atoms with Crippen LogP contribution in [0.25, 0.3) is 0 Å². The molecule has 1 aromatic heterocycles. The Morgan fingerprint density at radius 3 is 2.80 bits per heavy atom. The largest absolute Gasteiger partial charge is 0.496 e. The Morgan fingerprint density at radius 2 is 2.05 bits per heavy atom. The fourth-order valence-electron chi connectivity index (χ4n) is 3.12. The molecule has 106 valence electrons. The minimum absolute atomic E-state index is 0.589. The Morgan fingerprint density at radius 1 is 1.20 bits per heavy atom. The summed E-state index contributed by atoms with van der Waals surface area (Å²) >= 11 is 0. The van der Waals surface area contributed by atoms with Crippen molar-refractivity contribution in [3.8, 4) is 5.75 Å². The highest BCUT2D eigenvalue weighted by Crippen LogP contribution is 2.33. The SMILES string of the molecule is COc1ccccc1C1CCN(Cc2cccn2C)C1. The molecule has 2 heterocycles. The Hall–Kier alpha value is -1.74. The molecule has 1 unspecified atom stereocenters. The van der Waals surface area contributed by atoms with Crippen LogP contribution in [0.5, 0.6) is 5.75 Å². The summed E-state index contributed by atoms with van der Waals surface area (Å²) in [4.78, 5) is 2.53. The molecule has 3 rings (SSSR count). The van der Waals surface area contributed by atoms with Crippen LogP contribution in [0.15, 0.2) is 42.6 Å². The van der Waals surface area contributed by atoms with Crippen LogP contribution < -0.4 is 4.74 Å². The van der Waals surface area contributed by atoms with E-state index in [0.717, 1.165) is 25.4 Å². The van der Waals surface area contributed by atoms with Crippen LogP contribution in [-0.2, 0) is 13.6 Å². The minimum atomic E-state index is 0.589. The number of hydrogen-bond acceptors (Lipinski definition) is 2.